The van der Waals surface area contributed by atoms with Crippen molar-refractivity contribution in [3.63, 3.8) is 0 Å². The van der Waals surface area contributed by atoms with Gasteiger partial charge in [0.2, 0.25) is 0 Å². The van der Waals surface area contributed by atoms with E-state index in [0.29, 0.717) is 0 Å². The maximum Gasteiger partial charge on any atom is 0.125 e. The Morgan fingerprint density at radius 3 is 1.14 bits per heavy atom. The van der Waals surface area contributed by atoms with E-state index in [2.05, 4.69) is 41.5 Å². The van der Waals surface area contributed by atoms with Crippen molar-refractivity contribution in [2.24, 2.45) is 0 Å². The average Bonchev–Trinajstić information content (AvgIpc) is 2.56. The van der Waals surface area contributed by atoms with Gasteiger partial charge in [0, 0.05) is 0 Å². The molecule has 1 nitrogen and oxygen atoms in total. The molecule has 0 unspecified atom stereocenters. The Kier molecular flexibility index (Phi) is 12.0. The summed E-state index contributed by atoms with van der Waals surface area (Å²) in [5.41, 5.74) is 0. The van der Waals surface area contributed by atoms with Crippen molar-refractivity contribution in [3.05, 3.63) is 0 Å². The summed E-state index contributed by atoms with van der Waals surface area (Å²) in [5, 5.41) is 0. The molecule has 0 N–H and O–H groups in total. The minimum atomic E-state index is -0.720. The summed E-state index contributed by atoms with van der Waals surface area (Å²) in [7, 11) is 0. The van der Waals surface area contributed by atoms with Crippen molar-refractivity contribution >= 4 is 11.2 Å². The van der Waals surface area contributed by atoms with E-state index in [-0.39, 0.29) is 9.49 Å². The summed E-state index contributed by atoms with van der Waals surface area (Å²) in [6, 6.07) is 0. The lowest BCUT2D eigenvalue weighted by molar-refractivity contribution is 0.381. The van der Waals surface area contributed by atoms with Crippen molar-refractivity contribution in [1.29, 1.82) is 0 Å². The van der Waals surface area contributed by atoms with Crippen LogP contribution in [0.3, 0.4) is 0 Å². The van der Waals surface area contributed by atoms with E-state index in [4.69, 9.17) is 0 Å². The topological polar surface area (TPSA) is 23.1 Å². The molecule has 0 saturated heterocycles. The van der Waals surface area contributed by atoms with Gasteiger partial charge in [0.25, 0.3) is 0 Å². The monoisotopic (exact) mass is 330 g/mol. The molecule has 0 aliphatic heterocycles. The molecule has 0 aliphatic rings. The summed E-state index contributed by atoms with van der Waals surface area (Å²) >= 11 is -0.720. The smallest absolute Gasteiger partial charge is 0.125 e. The normalized spacial score (nSPS) is 13.1. The van der Waals surface area contributed by atoms with E-state index in [9.17, 15) is 4.55 Å². The SMILES string of the molecule is CCCCCC(CC)(CC)[S+]([O-])C(CC)(CC)CCCCC. The van der Waals surface area contributed by atoms with Crippen LogP contribution >= 0.6 is 0 Å². The van der Waals surface area contributed by atoms with Crippen LogP contribution in [0.5, 0.6) is 0 Å². The Morgan fingerprint density at radius 2 is 0.909 bits per heavy atom. The van der Waals surface area contributed by atoms with Crippen LogP contribution < -0.4 is 0 Å². The van der Waals surface area contributed by atoms with Crippen molar-refractivity contribution < 1.29 is 4.55 Å². The van der Waals surface area contributed by atoms with Crippen LogP contribution in [0.4, 0.5) is 0 Å². The van der Waals surface area contributed by atoms with Crippen LogP contribution in [0.15, 0.2) is 0 Å². The first-order valence-corrected chi connectivity index (χ1v) is 11.1. The zero-order valence-corrected chi connectivity index (χ0v) is 17.1. The number of unbranched alkanes of at least 4 members (excludes halogenated alkanes) is 4. The molecule has 0 fully saturated rings. The lowest BCUT2D eigenvalue weighted by Gasteiger charge is -2.45. The van der Waals surface area contributed by atoms with Crippen LogP contribution in [-0.2, 0) is 11.2 Å². The molecule has 0 heterocycles. The number of hydrogen-bond donors (Lipinski definition) is 0. The first-order chi connectivity index (χ1) is 10.5. The van der Waals surface area contributed by atoms with Gasteiger partial charge in [-0.1, -0.05) is 67.2 Å². The number of hydrogen-bond acceptors (Lipinski definition) is 1. The zero-order valence-electron chi connectivity index (χ0n) is 16.3. The third-order valence-electron chi connectivity index (χ3n) is 5.84. The van der Waals surface area contributed by atoms with E-state index >= 15 is 0 Å². The van der Waals surface area contributed by atoms with Crippen LogP contribution in [-0.4, -0.2) is 14.0 Å². The van der Waals surface area contributed by atoms with E-state index in [1.807, 2.05) is 0 Å². The van der Waals surface area contributed by atoms with Crippen LogP contribution in [0, 0.1) is 0 Å². The molecule has 0 spiro atoms. The predicted molar refractivity (Wildman–Crippen MR) is 103 cm³/mol. The summed E-state index contributed by atoms with van der Waals surface area (Å²) in [5.74, 6) is 0. The molecule has 0 aliphatic carbocycles. The second kappa shape index (κ2) is 11.8. The van der Waals surface area contributed by atoms with Gasteiger partial charge in [0.1, 0.15) is 9.49 Å². The second-order valence-electron chi connectivity index (χ2n) is 6.96. The van der Waals surface area contributed by atoms with Gasteiger partial charge < -0.3 is 4.55 Å². The lowest BCUT2D eigenvalue weighted by atomic mass is 9.93. The van der Waals surface area contributed by atoms with Gasteiger partial charge in [-0.15, -0.1) is 0 Å². The Bertz CT molecular complexity index is 230. The molecule has 0 aromatic heterocycles. The maximum absolute atomic E-state index is 13.7. The Balaban J connectivity index is 5.20. The molecular formula is C20H42OS. The third-order valence-corrected chi connectivity index (χ3v) is 8.97. The van der Waals surface area contributed by atoms with Crippen molar-refractivity contribution in [1.82, 2.24) is 0 Å². The van der Waals surface area contributed by atoms with Crippen molar-refractivity contribution in [2.75, 3.05) is 0 Å². The molecule has 0 bridgehead atoms. The molecule has 134 valence electrons. The second-order valence-corrected chi connectivity index (χ2v) is 9.23. The molecule has 22 heavy (non-hydrogen) atoms. The fourth-order valence-electron chi connectivity index (χ4n) is 3.77. The first-order valence-electron chi connectivity index (χ1n) is 9.94. The van der Waals surface area contributed by atoms with Crippen LogP contribution in [0.25, 0.3) is 0 Å². The van der Waals surface area contributed by atoms with Gasteiger partial charge in [0.05, 0.1) is 0 Å². The van der Waals surface area contributed by atoms with E-state index in [0.717, 1.165) is 38.5 Å². The molecule has 0 saturated carbocycles. The van der Waals surface area contributed by atoms with Crippen molar-refractivity contribution in [2.45, 2.75) is 128 Å². The summed E-state index contributed by atoms with van der Waals surface area (Å²) in [6.07, 6.45) is 14.1. The predicted octanol–water partition coefficient (Wildman–Crippen LogP) is 7.01. The zero-order chi connectivity index (χ0) is 17.1. The minimum Gasteiger partial charge on any atom is -0.615 e. The molecule has 0 atom stereocenters. The number of rotatable bonds is 14. The van der Waals surface area contributed by atoms with E-state index < -0.39 is 11.2 Å². The van der Waals surface area contributed by atoms with Crippen molar-refractivity contribution in [3.8, 4) is 0 Å². The molecule has 0 rings (SSSR count). The molecule has 2 heteroatoms. The fraction of sp³-hybridized carbons (Fsp3) is 1.00. The third kappa shape index (κ3) is 5.74. The highest BCUT2D eigenvalue weighted by atomic mass is 32.2. The lowest BCUT2D eigenvalue weighted by Crippen LogP contribution is -2.51. The highest BCUT2D eigenvalue weighted by Crippen LogP contribution is 2.44. The van der Waals surface area contributed by atoms with Gasteiger partial charge >= 0.3 is 0 Å². The molecule has 0 radical (unpaired) electrons. The van der Waals surface area contributed by atoms with Crippen LogP contribution in [0.2, 0.25) is 0 Å². The standard InChI is InChI=1S/C20H42OS/c1-7-13-15-17-19(9-3,10-4)22(21)20(11-5,12-6)18-16-14-8-2/h7-18H2,1-6H3. The highest BCUT2D eigenvalue weighted by Gasteiger charge is 2.50. The van der Waals surface area contributed by atoms with Gasteiger partial charge in [-0.05, 0) is 62.5 Å². The largest absolute Gasteiger partial charge is 0.615 e. The maximum atomic E-state index is 13.7. The highest BCUT2D eigenvalue weighted by molar-refractivity contribution is 7.94. The van der Waals surface area contributed by atoms with Gasteiger partial charge in [0.15, 0.2) is 0 Å². The molecule has 0 aromatic rings. The van der Waals surface area contributed by atoms with Gasteiger partial charge in [-0.3, -0.25) is 0 Å². The quantitative estimate of drug-likeness (QED) is 0.248. The Labute approximate surface area is 144 Å². The average molecular weight is 331 g/mol. The minimum absolute atomic E-state index is 0.0490. The van der Waals surface area contributed by atoms with E-state index in [1.165, 1.54) is 38.5 Å². The van der Waals surface area contributed by atoms with Gasteiger partial charge in [-0.2, -0.15) is 0 Å². The summed E-state index contributed by atoms with van der Waals surface area (Å²) in [4.78, 5) is 0. The summed E-state index contributed by atoms with van der Waals surface area (Å²) < 4.78 is 13.8. The van der Waals surface area contributed by atoms with E-state index in [1.54, 1.807) is 0 Å². The molecule has 0 amide bonds. The summed E-state index contributed by atoms with van der Waals surface area (Å²) in [6.45, 7) is 13.5. The van der Waals surface area contributed by atoms with Gasteiger partial charge in [-0.25, -0.2) is 0 Å². The molecule has 0 aromatic carbocycles. The Morgan fingerprint density at radius 1 is 0.591 bits per heavy atom. The Hall–Kier alpha value is 0.310. The molecular weight excluding hydrogens is 288 g/mol. The van der Waals surface area contributed by atoms with Crippen LogP contribution in [0.1, 0.15) is 119 Å². The first kappa shape index (κ1) is 22.3. The fourth-order valence-corrected chi connectivity index (χ4v) is 6.40.